The van der Waals surface area contributed by atoms with E-state index in [9.17, 15) is 37.5 Å². The highest BCUT2D eigenvalue weighted by Crippen LogP contribution is 2.64. The highest BCUT2D eigenvalue weighted by Gasteiger charge is 2.70. The molecule has 2 saturated heterocycles. The van der Waals surface area contributed by atoms with Crippen LogP contribution in [0.25, 0.3) is 0 Å². The van der Waals surface area contributed by atoms with E-state index in [2.05, 4.69) is 10.4 Å². The molecule has 0 bridgehead atoms. The average Bonchev–Trinajstić information content (AvgIpc) is 3.50. The second-order valence-corrected chi connectivity index (χ2v) is 15.0. The molecule has 3 fully saturated rings. The Balaban J connectivity index is 1.46. The van der Waals surface area contributed by atoms with Crippen LogP contribution in [-0.2, 0) is 35.5 Å². The normalized spacial score (nSPS) is 26.6. The lowest BCUT2D eigenvalue weighted by molar-refractivity contribution is -0.140. The minimum atomic E-state index is -4.78. The smallest absolute Gasteiger partial charge is 0.423 e. The standard InChI is InChI=1S/C35H26Cl2F3IN4O8/c1-52-24-10-14(9-23(41)27(24)46)26-18-7-8-19-25(31(49)44(29(19)47)33(51)53-2)20(18)12-21-30(48)45(32(50)34(21,26)15-3-5-17(36)6-4-15)43-28-22(37)11-16(13-42-28)35(38,39)40/h3-7,9-11,13,19-21,25-26,46H,8,12H2,1-2H3,(H,42,43)/t19-,20+,21-,25-,26-,34+/m0/s1. The molecule has 2 aromatic carbocycles. The number of nitrogens with zero attached hydrogens (tertiary/aromatic N) is 3. The fraction of sp³-hybridized carbons (Fsp3) is 0.314. The van der Waals surface area contributed by atoms with Gasteiger partial charge >= 0.3 is 12.3 Å². The molecule has 276 valence electrons. The number of carbonyl (C=O) groups excluding carboxylic acids is 5. The zero-order valence-electron chi connectivity index (χ0n) is 27.4. The van der Waals surface area contributed by atoms with Crippen LogP contribution >= 0.6 is 45.8 Å². The Labute approximate surface area is 322 Å². The van der Waals surface area contributed by atoms with Gasteiger partial charge in [-0.15, -0.1) is 0 Å². The fourth-order valence-electron chi connectivity index (χ4n) is 8.35. The third kappa shape index (κ3) is 5.54. The molecule has 4 aliphatic rings. The molecule has 3 heterocycles. The van der Waals surface area contributed by atoms with Crippen LogP contribution in [0, 0.1) is 27.2 Å². The maximum Gasteiger partial charge on any atom is 0.423 e. The van der Waals surface area contributed by atoms with Crippen molar-refractivity contribution in [2.24, 2.45) is 23.7 Å². The second kappa shape index (κ2) is 13.2. The van der Waals surface area contributed by atoms with E-state index < -0.39 is 87.3 Å². The summed E-state index contributed by atoms with van der Waals surface area (Å²) in [5, 5.41) is 11.3. The van der Waals surface area contributed by atoms with Crippen LogP contribution in [0.2, 0.25) is 10.0 Å². The van der Waals surface area contributed by atoms with Crippen molar-refractivity contribution in [3.8, 4) is 11.5 Å². The van der Waals surface area contributed by atoms with Crippen LogP contribution < -0.4 is 10.2 Å². The Bertz CT molecular complexity index is 2150. The number of aromatic hydroxyl groups is 1. The fourth-order valence-corrected chi connectivity index (χ4v) is 9.31. The first-order valence-corrected chi connectivity index (χ1v) is 17.8. The third-order valence-electron chi connectivity index (χ3n) is 10.5. The molecule has 6 atom stereocenters. The number of hydrazine groups is 1. The molecule has 2 aliphatic carbocycles. The number of ether oxygens (including phenoxy) is 2. The van der Waals surface area contributed by atoms with Gasteiger partial charge in [0.15, 0.2) is 17.3 Å². The molecule has 3 aromatic rings. The molecule has 2 N–H and O–H groups in total. The first kappa shape index (κ1) is 36.9. The number of nitrogens with one attached hydrogen (secondary N) is 1. The Morgan fingerprint density at radius 1 is 1.04 bits per heavy atom. The Kier molecular flexibility index (Phi) is 9.16. The lowest BCUT2D eigenvalue weighted by Crippen LogP contribution is -2.53. The summed E-state index contributed by atoms with van der Waals surface area (Å²) in [4.78, 5) is 74.3. The number of rotatable bonds is 5. The number of amides is 5. The van der Waals surface area contributed by atoms with Gasteiger partial charge in [0, 0.05) is 17.1 Å². The number of allylic oxidation sites excluding steroid dienone is 2. The summed E-state index contributed by atoms with van der Waals surface area (Å²) in [5.41, 5.74) is 0.831. The van der Waals surface area contributed by atoms with Gasteiger partial charge in [-0.1, -0.05) is 47.0 Å². The molecule has 1 aromatic heterocycles. The van der Waals surface area contributed by atoms with E-state index in [0.717, 1.165) is 7.11 Å². The number of fused-ring (bicyclic) bond motifs is 4. The van der Waals surface area contributed by atoms with Crippen molar-refractivity contribution in [2.45, 2.75) is 30.4 Å². The Hall–Kier alpha value is -4.42. The van der Waals surface area contributed by atoms with Crippen molar-refractivity contribution in [1.82, 2.24) is 14.9 Å². The molecule has 0 radical (unpaired) electrons. The first-order valence-electron chi connectivity index (χ1n) is 15.9. The molecule has 7 rings (SSSR count). The van der Waals surface area contributed by atoms with Gasteiger partial charge in [0.25, 0.3) is 11.8 Å². The number of phenolic OH excluding ortho intramolecular Hbond substituents is 1. The van der Waals surface area contributed by atoms with Crippen molar-refractivity contribution < 1.29 is 51.7 Å². The summed E-state index contributed by atoms with van der Waals surface area (Å²) in [7, 11) is 2.37. The third-order valence-corrected chi connectivity index (χ3v) is 11.9. The lowest BCUT2D eigenvalue weighted by atomic mass is 9.49. The highest BCUT2D eigenvalue weighted by atomic mass is 127. The monoisotopic (exact) mass is 884 g/mol. The van der Waals surface area contributed by atoms with Crippen molar-refractivity contribution in [1.29, 1.82) is 0 Å². The van der Waals surface area contributed by atoms with Gasteiger partial charge in [-0.05, 0) is 82.8 Å². The van der Waals surface area contributed by atoms with Gasteiger partial charge in [0.1, 0.15) is 0 Å². The lowest BCUT2D eigenvalue weighted by Gasteiger charge is -2.50. The van der Waals surface area contributed by atoms with E-state index in [0.29, 0.717) is 47.5 Å². The topological polar surface area (TPSA) is 155 Å². The number of imide groups is 4. The molecule has 53 heavy (non-hydrogen) atoms. The van der Waals surface area contributed by atoms with E-state index in [1.165, 1.54) is 25.3 Å². The number of carbonyl (C=O) groups is 5. The van der Waals surface area contributed by atoms with Crippen LogP contribution in [0.15, 0.2) is 60.3 Å². The average molecular weight is 885 g/mol. The summed E-state index contributed by atoms with van der Waals surface area (Å²) in [6, 6.07) is 9.96. The molecule has 18 heteroatoms. The van der Waals surface area contributed by atoms with Crippen LogP contribution in [-0.4, -0.2) is 63.9 Å². The first-order chi connectivity index (χ1) is 25.1. The van der Waals surface area contributed by atoms with Gasteiger partial charge in [-0.2, -0.15) is 23.1 Å². The molecule has 12 nitrogen and oxygen atoms in total. The number of pyridine rings is 1. The molecule has 0 spiro atoms. The number of halogens is 6. The van der Waals surface area contributed by atoms with Crippen LogP contribution in [0.3, 0.4) is 0 Å². The largest absolute Gasteiger partial charge is 0.504 e. The minimum Gasteiger partial charge on any atom is -0.504 e. The number of alkyl halides is 3. The van der Waals surface area contributed by atoms with Gasteiger partial charge in [0.2, 0.25) is 11.8 Å². The molecule has 2 aliphatic heterocycles. The number of hydrogen-bond donors (Lipinski definition) is 2. The number of benzene rings is 2. The zero-order valence-corrected chi connectivity index (χ0v) is 31.1. The number of aromatic nitrogens is 1. The van der Waals surface area contributed by atoms with E-state index >= 15 is 4.79 Å². The molecular formula is C35H26Cl2F3IN4O8. The quantitative estimate of drug-likeness (QED) is 0.165. The summed E-state index contributed by atoms with van der Waals surface area (Å²) in [5.74, 6) is -9.08. The number of likely N-dealkylation sites (tertiary alicyclic amines) is 1. The van der Waals surface area contributed by atoms with Crippen LogP contribution in [0.1, 0.15) is 35.4 Å². The predicted octanol–water partition coefficient (Wildman–Crippen LogP) is 6.48. The number of anilines is 1. The molecule has 1 saturated carbocycles. The molecule has 5 amide bonds. The number of phenols is 1. The molecule has 0 unspecified atom stereocenters. The van der Waals surface area contributed by atoms with E-state index in [4.69, 9.17) is 32.7 Å². The Morgan fingerprint density at radius 3 is 2.36 bits per heavy atom. The second-order valence-electron chi connectivity index (χ2n) is 13.0. The molecular weight excluding hydrogens is 859 g/mol. The maximum atomic E-state index is 15.2. The van der Waals surface area contributed by atoms with Crippen LogP contribution in [0.5, 0.6) is 11.5 Å². The number of methoxy groups -OCH3 is 2. The van der Waals surface area contributed by atoms with Crippen molar-refractivity contribution >= 4 is 81.3 Å². The van der Waals surface area contributed by atoms with Gasteiger partial charge in [-0.3, -0.25) is 24.6 Å². The summed E-state index contributed by atoms with van der Waals surface area (Å²) < 4.78 is 50.8. The SMILES string of the molecule is COC(=O)N1C(=O)[C@H]2[C@H](CC=C3[C@H]2C[C@H]2C(=O)N(Nc4ncc(C(F)(F)F)cc4Cl)C(=O)[C@@]2(c2ccc(Cl)cc2)[C@H]3c2cc(I)c(O)c(OC)c2)C1=O. The summed E-state index contributed by atoms with van der Waals surface area (Å²) in [6.45, 7) is 0. The van der Waals surface area contributed by atoms with Crippen LogP contribution in [0.4, 0.5) is 23.8 Å². The highest BCUT2D eigenvalue weighted by molar-refractivity contribution is 14.1. The Morgan fingerprint density at radius 2 is 1.74 bits per heavy atom. The van der Waals surface area contributed by atoms with Crippen molar-refractivity contribution in [3.05, 3.63) is 90.6 Å². The van der Waals surface area contributed by atoms with Crippen molar-refractivity contribution in [3.63, 3.8) is 0 Å². The van der Waals surface area contributed by atoms with Gasteiger partial charge in [0.05, 0.1) is 51.5 Å². The van der Waals surface area contributed by atoms with Gasteiger partial charge < -0.3 is 14.6 Å². The summed E-state index contributed by atoms with van der Waals surface area (Å²) in [6.07, 6.45) is -3.84. The zero-order chi connectivity index (χ0) is 38.3. The van der Waals surface area contributed by atoms with E-state index in [1.807, 2.05) is 22.6 Å². The number of hydrogen-bond acceptors (Lipinski definition) is 10. The minimum absolute atomic E-state index is 0.00786. The predicted molar refractivity (Wildman–Crippen MR) is 189 cm³/mol. The van der Waals surface area contributed by atoms with E-state index in [1.54, 1.807) is 24.3 Å². The van der Waals surface area contributed by atoms with E-state index in [-0.39, 0.29) is 24.3 Å². The van der Waals surface area contributed by atoms with Crippen molar-refractivity contribution in [2.75, 3.05) is 19.6 Å². The summed E-state index contributed by atoms with van der Waals surface area (Å²) >= 11 is 14.4. The maximum absolute atomic E-state index is 15.2. The van der Waals surface area contributed by atoms with Gasteiger partial charge in [-0.25, -0.2) is 9.78 Å².